The number of aromatic carboxylic acids is 1. The molecule has 3 rings (SSSR count). The summed E-state index contributed by atoms with van der Waals surface area (Å²) in [5.41, 5.74) is 0.864. The minimum Gasteiger partial charge on any atom is -0.478 e. The van der Waals surface area contributed by atoms with Gasteiger partial charge < -0.3 is 5.11 Å². The Morgan fingerprint density at radius 2 is 2.14 bits per heavy atom. The summed E-state index contributed by atoms with van der Waals surface area (Å²) in [5, 5.41) is 10.2. The number of hydrogen-bond acceptors (Lipinski definition) is 6. The number of sulfonamides is 1. The van der Waals surface area contributed by atoms with Gasteiger partial charge in [0.15, 0.2) is 4.21 Å². The quantitative estimate of drug-likeness (QED) is 0.888. The maximum absolute atomic E-state index is 12.3. The number of anilines is 1. The number of carboxylic acid groups (broad SMARTS) is 1. The van der Waals surface area contributed by atoms with E-state index in [9.17, 15) is 18.3 Å². The van der Waals surface area contributed by atoms with Crippen LogP contribution in [0.2, 0.25) is 0 Å². The molecule has 1 aliphatic rings. The van der Waals surface area contributed by atoms with Crippen molar-refractivity contribution in [1.82, 2.24) is 4.98 Å². The Kier molecular flexibility index (Phi) is 3.50. The number of nitrogens with zero attached hydrogens (tertiary/aromatic N) is 1. The molecular weight excluding hydrogens is 332 g/mol. The fourth-order valence-corrected chi connectivity index (χ4v) is 6.04. The van der Waals surface area contributed by atoms with E-state index < -0.39 is 16.0 Å². The van der Waals surface area contributed by atoms with Crippen molar-refractivity contribution in [3.05, 3.63) is 27.2 Å². The lowest BCUT2D eigenvalue weighted by Crippen LogP contribution is -2.13. The lowest BCUT2D eigenvalue weighted by Gasteiger charge is -2.05. The van der Waals surface area contributed by atoms with Gasteiger partial charge in [-0.2, -0.15) is 0 Å². The largest absolute Gasteiger partial charge is 0.478 e. The molecule has 2 heterocycles. The molecule has 0 bridgehead atoms. The summed E-state index contributed by atoms with van der Waals surface area (Å²) < 4.78 is 27.1. The zero-order valence-electron chi connectivity index (χ0n) is 11.0. The SMILES string of the molecule is Cc1ncc(S(=O)(=O)Nc2sc3c(c2C(=O)O)CCC3)s1. The van der Waals surface area contributed by atoms with E-state index in [4.69, 9.17) is 0 Å². The van der Waals surface area contributed by atoms with Crippen molar-refractivity contribution in [3.8, 4) is 0 Å². The molecule has 0 atom stereocenters. The Hall–Kier alpha value is -1.45. The van der Waals surface area contributed by atoms with Crippen molar-refractivity contribution in [1.29, 1.82) is 0 Å². The second-order valence-electron chi connectivity index (χ2n) is 4.67. The van der Waals surface area contributed by atoms with Gasteiger partial charge in [-0.25, -0.2) is 18.2 Å². The van der Waals surface area contributed by atoms with Crippen LogP contribution in [0.1, 0.15) is 32.2 Å². The smallest absolute Gasteiger partial charge is 0.339 e. The normalized spacial score (nSPS) is 14.1. The maximum Gasteiger partial charge on any atom is 0.339 e. The first-order valence-corrected chi connectivity index (χ1v) is 9.33. The van der Waals surface area contributed by atoms with E-state index in [1.807, 2.05) is 0 Å². The lowest BCUT2D eigenvalue weighted by molar-refractivity contribution is 0.0697. The van der Waals surface area contributed by atoms with Crippen LogP contribution in [-0.2, 0) is 22.9 Å². The molecule has 9 heteroatoms. The van der Waals surface area contributed by atoms with Gasteiger partial charge in [-0.05, 0) is 31.7 Å². The molecular formula is C12H12N2O4S3. The molecule has 6 nitrogen and oxygen atoms in total. The Balaban J connectivity index is 2.01. The standard InChI is InChI=1S/C12H12N2O4S3/c1-6-13-5-9(19-6)21(17,18)14-11-10(12(15)16)7-3-2-4-8(7)20-11/h5,14H,2-4H2,1H3,(H,15,16). The van der Waals surface area contributed by atoms with Gasteiger partial charge in [0.1, 0.15) is 5.00 Å². The molecule has 0 spiro atoms. The molecule has 0 saturated heterocycles. The second-order valence-corrected chi connectivity index (χ2v) is 8.92. The topological polar surface area (TPSA) is 96.4 Å². The molecule has 0 fully saturated rings. The highest BCUT2D eigenvalue weighted by atomic mass is 32.2. The van der Waals surface area contributed by atoms with Gasteiger partial charge in [-0.1, -0.05) is 0 Å². The van der Waals surface area contributed by atoms with Crippen molar-refractivity contribution in [3.63, 3.8) is 0 Å². The van der Waals surface area contributed by atoms with Crippen LogP contribution in [0.15, 0.2) is 10.4 Å². The van der Waals surface area contributed by atoms with Crippen LogP contribution in [0.4, 0.5) is 5.00 Å². The number of fused-ring (bicyclic) bond motifs is 1. The Morgan fingerprint density at radius 1 is 1.38 bits per heavy atom. The summed E-state index contributed by atoms with van der Waals surface area (Å²) in [4.78, 5) is 16.3. The molecule has 0 aliphatic heterocycles. The predicted molar refractivity (Wildman–Crippen MR) is 81.0 cm³/mol. The summed E-state index contributed by atoms with van der Waals surface area (Å²) in [6.07, 6.45) is 3.70. The van der Waals surface area contributed by atoms with Crippen LogP contribution in [0.5, 0.6) is 0 Å². The van der Waals surface area contributed by atoms with Crippen LogP contribution in [0.3, 0.4) is 0 Å². The number of nitrogens with one attached hydrogen (secondary N) is 1. The van der Waals surface area contributed by atoms with Gasteiger partial charge in [0.25, 0.3) is 10.0 Å². The molecule has 2 aromatic rings. The summed E-state index contributed by atoms with van der Waals surface area (Å²) in [6.45, 7) is 1.71. The number of carboxylic acids is 1. The summed E-state index contributed by atoms with van der Waals surface area (Å²) in [6, 6.07) is 0. The lowest BCUT2D eigenvalue weighted by atomic mass is 10.1. The van der Waals surface area contributed by atoms with E-state index in [2.05, 4.69) is 9.71 Å². The van der Waals surface area contributed by atoms with E-state index in [0.29, 0.717) is 11.4 Å². The van der Waals surface area contributed by atoms with Gasteiger partial charge in [-0.15, -0.1) is 22.7 Å². The maximum atomic E-state index is 12.3. The third-order valence-corrected chi connectivity index (χ3v) is 7.29. The average Bonchev–Trinajstić information content (AvgIpc) is 3.03. The van der Waals surface area contributed by atoms with Gasteiger partial charge in [0.05, 0.1) is 16.8 Å². The molecule has 112 valence electrons. The number of thiazole rings is 1. The molecule has 0 radical (unpaired) electrons. The van der Waals surface area contributed by atoms with Crippen LogP contribution in [0.25, 0.3) is 0 Å². The number of aromatic nitrogens is 1. The van der Waals surface area contributed by atoms with E-state index >= 15 is 0 Å². The highest BCUT2D eigenvalue weighted by Gasteiger charge is 2.29. The van der Waals surface area contributed by atoms with Crippen molar-refractivity contribution < 1.29 is 18.3 Å². The van der Waals surface area contributed by atoms with Crippen LogP contribution >= 0.6 is 22.7 Å². The average molecular weight is 344 g/mol. The highest BCUT2D eigenvalue weighted by molar-refractivity contribution is 7.94. The van der Waals surface area contributed by atoms with Crippen LogP contribution < -0.4 is 4.72 Å². The summed E-state index contributed by atoms with van der Waals surface area (Å²) >= 11 is 2.27. The first-order valence-electron chi connectivity index (χ1n) is 6.21. The fraction of sp³-hybridized carbons (Fsp3) is 0.333. The minimum absolute atomic E-state index is 0.0879. The van der Waals surface area contributed by atoms with E-state index in [-0.39, 0.29) is 14.8 Å². The van der Waals surface area contributed by atoms with Crippen molar-refractivity contribution >= 4 is 43.7 Å². The molecule has 1 aliphatic carbocycles. The third kappa shape index (κ3) is 2.56. The second kappa shape index (κ2) is 5.08. The zero-order valence-corrected chi connectivity index (χ0v) is 13.5. The molecule has 2 N–H and O–H groups in total. The molecule has 0 saturated carbocycles. The molecule has 2 aromatic heterocycles. The number of rotatable bonds is 4. The van der Waals surface area contributed by atoms with Crippen molar-refractivity contribution in [2.24, 2.45) is 0 Å². The first-order chi connectivity index (χ1) is 9.88. The first kappa shape index (κ1) is 14.5. The molecule has 0 unspecified atom stereocenters. The summed E-state index contributed by atoms with van der Waals surface area (Å²) in [5.74, 6) is -1.09. The fourth-order valence-electron chi connectivity index (χ4n) is 2.34. The third-order valence-electron chi connectivity index (χ3n) is 3.23. The van der Waals surface area contributed by atoms with E-state index in [0.717, 1.165) is 34.6 Å². The molecule has 21 heavy (non-hydrogen) atoms. The molecule has 0 aromatic carbocycles. The summed E-state index contributed by atoms with van der Waals surface area (Å²) in [7, 11) is -3.78. The predicted octanol–water partition coefficient (Wildman–Crippen LogP) is 2.50. The zero-order chi connectivity index (χ0) is 15.2. The van der Waals surface area contributed by atoms with E-state index in [1.165, 1.54) is 17.5 Å². The van der Waals surface area contributed by atoms with Gasteiger partial charge >= 0.3 is 5.97 Å². The van der Waals surface area contributed by atoms with E-state index in [1.54, 1.807) is 6.92 Å². The number of carbonyl (C=O) groups is 1. The van der Waals surface area contributed by atoms with Gasteiger partial charge in [-0.3, -0.25) is 4.72 Å². The Bertz CT molecular complexity index is 820. The van der Waals surface area contributed by atoms with Gasteiger partial charge in [0, 0.05) is 4.88 Å². The van der Waals surface area contributed by atoms with Crippen molar-refractivity contribution in [2.75, 3.05) is 4.72 Å². The number of thiophene rings is 1. The van der Waals surface area contributed by atoms with Crippen molar-refractivity contribution in [2.45, 2.75) is 30.4 Å². The Morgan fingerprint density at radius 3 is 2.76 bits per heavy atom. The van der Waals surface area contributed by atoms with Gasteiger partial charge in [0.2, 0.25) is 0 Å². The number of aryl methyl sites for hydroxylation is 2. The molecule has 0 amide bonds. The minimum atomic E-state index is -3.78. The monoisotopic (exact) mass is 344 g/mol. The number of hydrogen-bond donors (Lipinski definition) is 2. The highest BCUT2D eigenvalue weighted by Crippen LogP contribution is 2.40. The van der Waals surface area contributed by atoms with Crippen LogP contribution in [0, 0.1) is 6.92 Å². The van der Waals surface area contributed by atoms with Crippen LogP contribution in [-0.4, -0.2) is 24.5 Å². The Labute approximate surface area is 129 Å².